The van der Waals surface area contributed by atoms with E-state index in [9.17, 15) is 27.9 Å². The zero-order valence-electron chi connectivity index (χ0n) is 22.6. The van der Waals surface area contributed by atoms with Crippen LogP contribution in [0, 0.1) is 0 Å². The molecule has 218 valence electrons. The fourth-order valence-corrected chi connectivity index (χ4v) is 4.64. The predicted molar refractivity (Wildman–Crippen MR) is 150 cm³/mol. The standard InChI is InChI=1S/C30H28F3N5O4/c1-29(41)8-10-38(11-9-29)28(40)19-4-5-24(35-16-19)20-12-21-13-22(42-27(21)23(14-20)30(31,32)33)17-37-26(39)7-3-18-2-6-25(34)36-15-18/h2-7,12-16,41H,8-11,17H2,1H3,(H2,34,36)(H,37,39)/b7-3+. The Hall–Kier alpha value is -4.71. The van der Waals surface area contributed by atoms with Crippen molar-refractivity contribution in [1.82, 2.24) is 20.2 Å². The first-order valence-corrected chi connectivity index (χ1v) is 13.2. The molecule has 0 bridgehead atoms. The van der Waals surface area contributed by atoms with Crippen LogP contribution in [0.5, 0.6) is 0 Å². The highest BCUT2D eigenvalue weighted by Crippen LogP contribution is 2.39. The molecule has 0 atom stereocenters. The molecule has 1 aromatic carbocycles. The van der Waals surface area contributed by atoms with Crippen molar-refractivity contribution in [3.05, 3.63) is 83.4 Å². The molecular formula is C30H28F3N5O4. The first-order chi connectivity index (χ1) is 19.9. The number of halogens is 3. The number of carbonyl (C=O) groups excluding carboxylic acids is 2. The second-order valence-electron chi connectivity index (χ2n) is 10.4. The van der Waals surface area contributed by atoms with Crippen LogP contribution in [0.25, 0.3) is 28.3 Å². The van der Waals surface area contributed by atoms with Gasteiger partial charge in [0.2, 0.25) is 5.91 Å². The van der Waals surface area contributed by atoms with Crippen molar-refractivity contribution >= 4 is 34.7 Å². The van der Waals surface area contributed by atoms with E-state index in [-0.39, 0.29) is 40.4 Å². The normalized spacial score (nSPS) is 15.3. The van der Waals surface area contributed by atoms with Crippen molar-refractivity contribution in [3.63, 3.8) is 0 Å². The number of anilines is 1. The molecular weight excluding hydrogens is 551 g/mol. The molecule has 4 aromatic rings. The van der Waals surface area contributed by atoms with Crippen molar-refractivity contribution in [1.29, 1.82) is 0 Å². The fraction of sp³-hybridized carbons (Fsp3) is 0.267. The molecule has 1 aliphatic rings. The zero-order valence-corrected chi connectivity index (χ0v) is 22.6. The lowest BCUT2D eigenvalue weighted by Gasteiger charge is -2.35. The van der Waals surface area contributed by atoms with Gasteiger partial charge in [-0.2, -0.15) is 13.2 Å². The van der Waals surface area contributed by atoms with Crippen molar-refractivity contribution in [2.45, 2.75) is 38.1 Å². The van der Waals surface area contributed by atoms with E-state index in [4.69, 9.17) is 10.2 Å². The van der Waals surface area contributed by atoms with Crippen molar-refractivity contribution in [2.24, 2.45) is 0 Å². The molecule has 4 N–H and O–H groups in total. The molecule has 3 aromatic heterocycles. The first kappa shape index (κ1) is 28.8. The van der Waals surface area contributed by atoms with Crippen LogP contribution in [0.3, 0.4) is 0 Å². The number of hydrogen-bond acceptors (Lipinski definition) is 7. The molecule has 9 nitrogen and oxygen atoms in total. The summed E-state index contributed by atoms with van der Waals surface area (Å²) < 4.78 is 47.5. The molecule has 0 unspecified atom stereocenters. The van der Waals surface area contributed by atoms with E-state index >= 15 is 0 Å². The Morgan fingerprint density at radius 2 is 1.88 bits per heavy atom. The van der Waals surface area contributed by atoms with Crippen molar-refractivity contribution in [2.75, 3.05) is 18.8 Å². The lowest BCUT2D eigenvalue weighted by molar-refractivity contribution is -0.136. The average molecular weight is 580 g/mol. The molecule has 1 aliphatic heterocycles. The molecule has 1 saturated heterocycles. The van der Waals surface area contributed by atoms with Crippen LogP contribution in [0.15, 0.2) is 65.4 Å². The van der Waals surface area contributed by atoms with E-state index in [1.54, 1.807) is 24.0 Å². The van der Waals surface area contributed by atoms with Gasteiger partial charge in [-0.05, 0) is 73.9 Å². The third kappa shape index (κ3) is 6.60. The maximum absolute atomic E-state index is 14.0. The van der Waals surface area contributed by atoms with Crippen molar-refractivity contribution < 1.29 is 32.3 Å². The summed E-state index contributed by atoms with van der Waals surface area (Å²) in [6, 6.07) is 10.2. The van der Waals surface area contributed by atoms with Gasteiger partial charge in [0.25, 0.3) is 5.91 Å². The SMILES string of the molecule is CC1(O)CCN(C(=O)c2ccc(-c3cc(C(F)(F)F)c4oc(CNC(=O)/C=C/c5ccc(N)nc5)cc4c3)nc2)CC1. The lowest BCUT2D eigenvalue weighted by atomic mass is 9.93. The summed E-state index contributed by atoms with van der Waals surface area (Å²) in [5.41, 5.74) is 4.79. The summed E-state index contributed by atoms with van der Waals surface area (Å²) >= 11 is 0. The van der Waals surface area contributed by atoms with Crippen LogP contribution in [-0.4, -0.2) is 50.5 Å². The smallest absolute Gasteiger partial charge is 0.420 e. The van der Waals surface area contributed by atoms with Crippen LogP contribution < -0.4 is 11.1 Å². The minimum atomic E-state index is -4.71. The number of rotatable bonds is 6. The maximum atomic E-state index is 14.0. The Morgan fingerprint density at radius 3 is 2.52 bits per heavy atom. The number of piperidine rings is 1. The van der Waals surface area contributed by atoms with E-state index < -0.39 is 23.2 Å². The Balaban J connectivity index is 1.33. The number of benzene rings is 1. The fourth-order valence-electron chi connectivity index (χ4n) is 4.64. The Labute approximate surface area is 238 Å². The van der Waals surface area contributed by atoms with Gasteiger partial charge in [-0.3, -0.25) is 14.6 Å². The van der Waals surface area contributed by atoms with Gasteiger partial charge in [-0.15, -0.1) is 0 Å². The van der Waals surface area contributed by atoms with E-state index in [1.165, 1.54) is 48.8 Å². The van der Waals surface area contributed by atoms with E-state index in [0.717, 1.165) is 6.07 Å². The number of hydrogen-bond donors (Lipinski definition) is 3. The van der Waals surface area contributed by atoms with Gasteiger partial charge in [-0.1, -0.05) is 0 Å². The number of aliphatic hydroxyl groups is 1. The van der Waals surface area contributed by atoms with Gasteiger partial charge in [0, 0.05) is 42.5 Å². The minimum Gasteiger partial charge on any atom is -0.459 e. The number of nitrogens with two attached hydrogens (primary N) is 1. The third-order valence-electron chi connectivity index (χ3n) is 7.08. The molecule has 0 spiro atoms. The summed E-state index contributed by atoms with van der Waals surface area (Å²) in [5, 5.41) is 12.9. The van der Waals surface area contributed by atoms with Gasteiger partial charge < -0.3 is 25.5 Å². The molecule has 42 heavy (non-hydrogen) atoms. The number of furan rings is 1. The summed E-state index contributed by atoms with van der Waals surface area (Å²) in [5.74, 6) is -0.247. The van der Waals surface area contributed by atoms with Gasteiger partial charge >= 0.3 is 6.18 Å². The molecule has 0 radical (unpaired) electrons. The quantitative estimate of drug-likeness (QED) is 0.279. The summed E-state index contributed by atoms with van der Waals surface area (Å²) in [4.78, 5) is 34.9. The van der Waals surface area contributed by atoms with Crippen molar-refractivity contribution in [3.8, 4) is 11.3 Å². The monoisotopic (exact) mass is 579 g/mol. The van der Waals surface area contributed by atoms with Crippen LogP contribution in [0.1, 0.15) is 47.0 Å². The molecule has 1 fully saturated rings. The van der Waals surface area contributed by atoms with Crippen LogP contribution in [-0.2, 0) is 17.5 Å². The van der Waals surface area contributed by atoms with Crippen LogP contribution in [0.4, 0.5) is 19.0 Å². The number of fused-ring (bicyclic) bond motifs is 1. The second-order valence-corrected chi connectivity index (χ2v) is 10.4. The number of carbonyl (C=O) groups is 2. The van der Waals surface area contributed by atoms with E-state index in [1.807, 2.05) is 0 Å². The molecule has 0 saturated carbocycles. The first-order valence-electron chi connectivity index (χ1n) is 13.2. The zero-order chi connectivity index (χ0) is 30.1. The van der Waals surface area contributed by atoms with Crippen LogP contribution >= 0.6 is 0 Å². The highest BCUT2D eigenvalue weighted by molar-refractivity contribution is 5.94. The molecule has 5 rings (SSSR count). The summed E-state index contributed by atoms with van der Waals surface area (Å²) in [7, 11) is 0. The van der Waals surface area contributed by atoms with E-state index in [0.29, 0.717) is 42.9 Å². The lowest BCUT2D eigenvalue weighted by Crippen LogP contribution is -2.45. The predicted octanol–water partition coefficient (Wildman–Crippen LogP) is 4.81. The third-order valence-corrected chi connectivity index (χ3v) is 7.08. The van der Waals surface area contributed by atoms with E-state index in [2.05, 4.69) is 15.3 Å². The second kappa shape index (κ2) is 11.3. The molecule has 4 heterocycles. The number of nitrogens with zero attached hydrogens (tertiary/aromatic N) is 3. The summed E-state index contributed by atoms with van der Waals surface area (Å²) in [6.07, 6.45) is 1.83. The number of aromatic nitrogens is 2. The Bertz CT molecular complexity index is 1630. The van der Waals surface area contributed by atoms with Gasteiger partial charge in [0.15, 0.2) is 0 Å². The minimum absolute atomic E-state index is 0.133. The van der Waals surface area contributed by atoms with Gasteiger partial charge in [0.1, 0.15) is 17.2 Å². The summed E-state index contributed by atoms with van der Waals surface area (Å²) in [6.45, 7) is 2.40. The van der Waals surface area contributed by atoms with Gasteiger partial charge in [-0.25, -0.2) is 4.98 Å². The largest absolute Gasteiger partial charge is 0.459 e. The Morgan fingerprint density at radius 1 is 1.12 bits per heavy atom. The number of likely N-dealkylation sites (tertiary alicyclic amines) is 1. The number of amides is 2. The number of nitrogen functional groups attached to an aromatic ring is 1. The maximum Gasteiger partial charge on any atom is 0.420 e. The molecule has 12 heteroatoms. The average Bonchev–Trinajstić information content (AvgIpc) is 3.37. The highest BCUT2D eigenvalue weighted by Gasteiger charge is 2.35. The van der Waals surface area contributed by atoms with Crippen LogP contribution in [0.2, 0.25) is 0 Å². The molecule has 2 amide bonds. The topological polar surface area (TPSA) is 135 Å². The number of alkyl halides is 3. The van der Waals surface area contributed by atoms with Gasteiger partial charge in [0.05, 0.1) is 29.0 Å². The highest BCUT2D eigenvalue weighted by atomic mass is 19.4. The number of nitrogens with one attached hydrogen (secondary N) is 1. The molecule has 0 aliphatic carbocycles. The Kier molecular flexibility index (Phi) is 7.74. The number of pyridine rings is 2.